The van der Waals surface area contributed by atoms with Gasteiger partial charge in [-0.2, -0.15) is 0 Å². The summed E-state index contributed by atoms with van der Waals surface area (Å²) in [7, 11) is 1.85. The van der Waals surface area contributed by atoms with E-state index in [4.69, 9.17) is 5.11 Å². The first-order chi connectivity index (χ1) is 8.50. The lowest BCUT2D eigenvalue weighted by Crippen LogP contribution is -2.37. The van der Waals surface area contributed by atoms with Crippen molar-refractivity contribution >= 4 is 11.9 Å². The molecule has 98 valence electrons. The molecule has 5 heteroatoms. The molecule has 1 aromatic heterocycles. The van der Waals surface area contributed by atoms with Gasteiger partial charge in [0.05, 0.1) is 6.42 Å². The van der Waals surface area contributed by atoms with E-state index in [2.05, 4.69) is 0 Å². The van der Waals surface area contributed by atoms with Gasteiger partial charge in [-0.25, -0.2) is 0 Å². The third-order valence-corrected chi connectivity index (χ3v) is 3.64. The van der Waals surface area contributed by atoms with E-state index in [0.29, 0.717) is 12.2 Å². The molecular weight excluding hydrogens is 232 g/mol. The summed E-state index contributed by atoms with van der Waals surface area (Å²) in [6, 6.07) is 3.54. The van der Waals surface area contributed by atoms with E-state index in [9.17, 15) is 9.59 Å². The Bertz CT molecular complexity index is 479. The fourth-order valence-corrected chi connectivity index (χ4v) is 2.49. The number of carboxylic acids is 1. The van der Waals surface area contributed by atoms with Crippen LogP contribution < -0.4 is 0 Å². The highest BCUT2D eigenvalue weighted by atomic mass is 16.4. The fourth-order valence-electron chi connectivity index (χ4n) is 2.49. The van der Waals surface area contributed by atoms with Crippen LogP contribution in [-0.2, 0) is 11.8 Å². The number of carbonyl (C=O) groups is 2. The Labute approximate surface area is 106 Å². The van der Waals surface area contributed by atoms with Gasteiger partial charge in [0.2, 0.25) is 0 Å². The third kappa shape index (κ3) is 2.25. The van der Waals surface area contributed by atoms with Crippen LogP contribution in [0.25, 0.3) is 0 Å². The van der Waals surface area contributed by atoms with E-state index in [-0.39, 0.29) is 18.4 Å². The number of carboxylic acid groups (broad SMARTS) is 1. The van der Waals surface area contributed by atoms with Crippen molar-refractivity contribution in [3.05, 3.63) is 23.5 Å². The Hall–Kier alpha value is -1.78. The van der Waals surface area contributed by atoms with Gasteiger partial charge < -0.3 is 14.6 Å². The molecule has 1 fully saturated rings. The van der Waals surface area contributed by atoms with Crippen molar-refractivity contribution in [3.63, 3.8) is 0 Å². The summed E-state index contributed by atoms with van der Waals surface area (Å²) in [5.41, 5.74) is 1.65. The van der Waals surface area contributed by atoms with Crippen LogP contribution in [0.4, 0.5) is 0 Å². The highest BCUT2D eigenvalue weighted by Gasteiger charge is 2.31. The summed E-state index contributed by atoms with van der Waals surface area (Å²) in [5.74, 6) is -0.905. The smallest absolute Gasteiger partial charge is 0.305 e. The molecule has 1 aromatic rings. The quantitative estimate of drug-likeness (QED) is 0.882. The van der Waals surface area contributed by atoms with Crippen LogP contribution in [0.5, 0.6) is 0 Å². The van der Waals surface area contributed by atoms with E-state index in [1.54, 1.807) is 11.0 Å². The van der Waals surface area contributed by atoms with Gasteiger partial charge in [0, 0.05) is 25.3 Å². The van der Waals surface area contributed by atoms with E-state index < -0.39 is 5.97 Å². The van der Waals surface area contributed by atoms with Crippen molar-refractivity contribution in [1.82, 2.24) is 9.47 Å². The van der Waals surface area contributed by atoms with Crippen molar-refractivity contribution in [2.24, 2.45) is 7.05 Å². The topological polar surface area (TPSA) is 62.5 Å². The second-order valence-electron chi connectivity index (χ2n) is 4.81. The molecule has 0 radical (unpaired) electrons. The van der Waals surface area contributed by atoms with Crippen molar-refractivity contribution in [1.29, 1.82) is 0 Å². The summed E-state index contributed by atoms with van der Waals surface area (Å²) in [4.78, 5) is 24.9. The first-order valence-corrected chi connectivity index (χ1v) is 6.16. The third-order valence-electron chi connectivity index (χ3n) is 3.64. The Morgan fingerprint density at radius 2 is 2.17 bits per heavy atom. The molecule has 1 N–H and O–H groups in total. The number of aliphatic carboxylic acids is 1. The maximum Gasteiger partial charge on any atom is 0.305 e. The molecule has 0 spiro atoms. The number of likely N-dealkylation sites (tertiary alicyclic amines) is 1. The summed E-state index contributed by atoms with van der Waals surface area (Å²) in [6.07, 6.45) is 1.70. The second-order valence-corrected chi connectivity index (χ2v) is 4.81. The molecule has 0 aliphatic carbocycles. The monoisotopic (exact) mass is 250 g/mol. The van der Waals surface area contributed by atoms with E-state index in [1.807, 2.05) is 24.6 Å². The highest BCUT2D eigenvalue weighted by molar-refractivity contribution is 5.93. The standard InChI is InChI=1S/C13H18N2O3/c1-9-5-6-11(14(9)2)13(18)15-7-3-4-10(15)8-12(16)17/h5-6,10H,3-4,7-8H2,1-2H3,(H,16,17). The number of amides is 1. The number of hydrogen-bond acceptors (Lipinski definition) is 2. The van der Waals surface area contributed by atoms with Crippen molar-refractivity contribution in [2.75, 3.05) is 6.54 Å². The van der Waals surface area contributed by atoms with Crippen molar-refractivity contribution in [3.8, 4) is 0 Å². The molecule has 5 nitrogen and oxygen atoms in total. The molecule has 2 rings (SSSR count). The molecule has 1 amide bonds. The Morgan fingerprint density at radius 3 is 2.72 bits per heavy atom. The fraction of sp³-hybridized carbons (Fsp3) is 0.538. The van der Waals surface area contributed by atoms with Gasteiger partial charge in [0.25, 0.3) is 5.91 Å². The van der Waals surface area contributed by atoms with Crippen LogP contribution in [-0.4, -0.2) is 39.0 Å². The van der Waals surface area contributed by atoms with Gasteiger partial charge in [0.1, 0.15) is 5.69 Å². The molecule has 0 bridgehead atoms. The molecule has 1 unspecified atom stereocenters. The van der Waals surface area contributed by atoms with Crippen LogP contribution in [0.1, 0.15) is 35.4 Å². The summed E-state index contributed by atoms with van der Waals surface area (Å²) >= 11 is 0. The molecule has 0 aromatic carbocycles. The predicted molar refractivity (Wildman–Crippen MR) is 66.5 cm³/mol. The van der Waals surface area contributed by atoms with Crippen LogP contribution in [0, 0.1) is 6.92 Å². The van der Waals surface area contributed by atoms with Gasteiger partial charge in [-0.05, 0) is 31.9 Å². The molecule has 2 heterocycles. The maximum absolute atomic E-state index is 12.4. The Kier molecular flexibility index (Phi) is 3.41. The number of aromatic nitrogens is 1. The number of rotatable bonds is 3. The van der Waals surface area contributed by atoms with Gasteiger partial charge in [-0.1, -0.05) is 0 Å². The molecular formula is C13H18N2O3. The van der Waals surface area contributed by atoms with Gasteiger partial charge in [0.15, 0.2) is 0 Å². The lowest BCUT2D eigenvalue weighted by molar-refractivity contribution is -0.137. The number of carbonyl (C=O) groups excluding carboxylic acids is 1. The molecule has 1 atom stereocenters. The Balaban J connectivity index is 2.18. The van der Waals surface area contributed by atoms with E-state index in [1.165, 1.54) is 0 Å². The second kappa shape index (κ2) is 4.84. The number of hydrogen-bond donors (Lipinski definition) is 1. The average Bonchev–Trinajstić information content (AvgIpc) is 2.87. The molecule has 1 aliphatic rings. The average molecular weight is 250 g/mol. The molecule has 0 saturated carbocycles. The number of nitrogens with zero attached hydrogens (tertiary/aromatic N) is 2. The lowest BCUT2D eigenvalue weighted by atomic mass is 10.1. The van der Waals surface area contributed by atoms with Crippen LogP contribution in [0.2, 0.25) is 0 Å². The lowest BCUT2D eigenvalue weighted by Gasteiger charge is -2.23. The zero-order valence-corrected chi connectivity index (χ0v) is 10.7. The van der Waals surface area contributed by atoms with Gasteiger partial charge in [-0.3, -0.25) is 9.59 Å². The maximum atomic E-state index is 12.4. The first-order valence-electron chi connectivity index (χ1n) is 6.16. The highest BCUT2D eigenvalue weighted by Crippen LogP contribution is 2.23. The molecule has 18 heavy (non-hydrogen) atoms. The van der Waals surface area contributed by atoms with Crippen molar-refractivity contribution in [2.45, 2.75) is 32.2 Å². The van der Waals surface area contributed by atoms with Gasteiger partial charge >= 0.3 is 5.97 Å². The summed E-state index contributed by atoms with van der Waals surface area (Å²) in [5, 5.41) is 8.86. The molecule has 1 saturated heterocycles. The minimum atomic E-state index is -0.845. The van der Waals surface area contributed by atoms with Crippen LogP contribution in [0.3, 0.4) is 0 Å². The zero-order chi connectivity index (χ0) is 13.3. The van der Waals surface area contributed by atoms with Crippen LogP contribution >= 0.6 is 0 Å². The molecule has 1 aliphatic heterocycles. The minimum absolute atomic E-state index is 0.0369. The summed E-state index contributed by atoms with van der Waals surface area (Å²) in [6.45, 7) is 2.59. The minimum Gasteiger partial charge on any atom is -0.481 e. The van der Waals surface area contributed by atoms with E-state index in [0.717, 1.165) is 18.5 Å². The van der Waals surface area contributed by atoms with Crippen LogP contribution in [0.15, 0.2) is 12.1 Å². The SMILES string of the molecule is Cc1ccc(C(=O)N2CCCC2CC(=O)O)n1C. The Morgan fingerprint density at radius 1 is 1.44 bits per heavy atom. The normalized spacial score (nSPS) is 19.2. The first kappa shape index (κ1) is 12.7. The van der Waals surface area contributed by atoms with Crippen molar-refractivity contribution < 1.29 is 14.7 Å². The predicted octanol–water partition coefficient (Wildman–Crippen LogP) is 1.41. The van der Waals surface area contributed by atoms with E-state index >= 15 is 0 Å². The summed E-state index contributed by atoms with van der Waals surface area (Å²) < 4.78 is 1.85. The number of aryl methyl sites for hydroxylation is 1. The van der Waals surface area contributed by atoms with Gasteiger partial charge in [-0.15, -0.1) is 0 Å². The largest absolute Gasteiger partial charge is 0.481 e. The zero-order valence-electron chi connectivity index (χ0n) is 10.7.